The molecule has 0 saturated heterocycles. The number of hydrogen-bond donors (Lipinski definition) is 0. The molecular formula is C3H7NO2Y-2. The van der Waals surface area contributed by atoms with Gasteiger partial charge >= 0.3 is 0 Å². The van der Waals surface area contributed by atoms with Gasteiger partial charge in [-0.15, -0.1) is 4.92 Å². The van der Waals surface area contributed by atoms with Crippen molar-refractivity contribution >= 4 is 0 Å². The van der Waals surface area contributed by atoms with Gasteiger partial charge in [0.25, 0.3) is 0 Å². The zero-order valence-corrected chi connectivity index (χ0v) is 7.09. The van der Waals surface area contributed by atoms with Crippen molar-refractivity contribution in [2.75, 3.05) is 0 Å². The first-order valence-electron chi connectivity index (χ1n) is 1.39. The first-order valence-corrected chi connectivity index (χ1v) is 1.39. The molecule has 0 aliphatic carbocycles. The van der Waals surface area contributed by atoms with Crippen LogP contribution in [0.15, 0.2) is 0 Å². The minimum Gasteiger partial charge on any atom is -0.346 e. The quantitative estimate of drug-likeness (QED) is 0.314. The molecule has 0 amide bonds. The maximum absolute atomic E-state index is 8.69. The molecule has 0 unspecified atom stereocenters. The summed E-state index contributed by atoms with van der Waals surface area (Å²) >= 11 is 0. The second kappa shape index (κ2) is 16.2. The summed E-state index contributed by atoms with van der Waals surface area (Å²) in [5.41, 5.74) is 0. The van der Waals surface area contributed by atoms with Crippen LogP contribution in [0.3, 0.4) is 0 Å². The number of rotatable bonds is 0. The average molecular weight is 178 g/mol. The Morgan fingerprint density at radius 2 is 1.57 bits per heavy atom. The largest absolute Gasteiger partial charge is 0.346 e. The van der Waals surface area contributed by atoms with Gasteiger partial charge < -0.3 is 6.92 Å². The molecule has 0 atom stereocenters. The minimum atomic E-state index is -0.750. The van der Waals surface area contributed by atoms with Crippen molar-refractivity contribution in [2.24, 2.45) is 0 Å². The van der Waals surface area contributed by atoms with Crippen LogP contribution >= 0.6 is 0 Å². The van der Waals surface area contributed by atoms with Gasteiger partial charge in [0.2, 0.25) is 0 Å². The first kappa shape index (κ1) is 15.7. The van der Waals surface area contributed by atoms with Gasteiger partial charge in [0.1, 0.15) is 0 Å². The molecule has 0 bridgehead atoms. The summed E-state index contributed by atoms with van der Waals surface area (Å²) in [5, 5.41) is 8.69. The molecule has 0 aliphatic rings. The second-order valence-electron chi connectivity index (χ2n) is 0.333. The van der Waals surface area contributed by atoms with E-state index in [9.17, 15) is 0 Å². The summed E-state index contributed by atoms with van der Waals surface area (Å²) in [7, 11) is 2.36. The standard InChI is InChI=1S/C2H5.CH2NO2.Y/c1-2;1-2(3)4;/h1H2,2H3;1H2;/q2*-1;. The van der Waals surface area contributed by atoms with Gasteiger partial charge in [-0.3, -0.25) is 10.1 Å². The van der Waals surface area contributed by atoms with Crippen LogP contribution in [0.25, 0.3) is 0 Å². The molecule has 7 heavy (non-hydrogen) atoms. The fraction of sp³-hybridized carbons (Fsp3) is 0.333. The third-order valence-electron chi connectivity index (χ3n) is 0. The smallest absolute Gasteiger partial charge is 0 e. The van der Waals surface area contributed by atoms with Crippen molar-refractivity contribution in [2.45, 2.75) is 6.92 Å². The Morgan fingerprint density at radius 3 is 1.57 bits per heavy atom. The van der Waals surface area contributed by atoms with E-state index in [2.05, 4.69) is 14.0 Å². The van der Waals surface area contributed by atoms with E-state index < -0.39 is 4.92 Å². The van der Waals surface area contributed by atoms with Gasteiger partial charge in [0.05, 0.1) is 0 Å². The van der Waals surface area contributed by atoms with E-state index in [1.807, 2.05) is 0 Å². The molecule has 4 heteroatoms. The van der Waals surface area contributed by atoms with Crippen LogP contribution in [0.4, 0.5) is 0 Å². The first-order chi connectivity index (χ1) is 2.73. The van der Waals surface area contributed by atoms with Gasteiger partial charge in [-0.2, -0.15) is 6.92 Å². The van der Waals surface area contributed by atoms with Crippen LogP contribution in [-0.4, -0.2) is 4.92 Å². The zero-order chi connectivity index (χ0) is 5.58. The number of nitrogens with zero attached hydrogens (tertiary/aromatic N) is 1. The van der Waals surface area contributed by atoms with Crippen molar-refractivity contribution in [3.8, 4) is 0 Å². The SMILES string of the molecule is [CH2-]C.[CH2-][N+](=O)[O-].[Y]. The van der Waals surface area contributed by atoms with Crippen molar-refractivity contribution < 1.29 is 37.6 Å². The molecule has 0 spiro atoms. The van der Waals surface area contributed by atoms with Crippen molar-refractivity contribution in [1.29, 1.82) is 0 Å². The van der Waals surface area contributed by atoms with Crippen molar-refractivity contribution in [3.05, 3.63) is 24.1 Å². The van der Waals surface area contributed by atoms with E-state index in [0.29, 0.717) is 0 Å². The molecule has 3 nitrogen and oxygen atoms in total. The Hall–Kier alpha value is 0.374. The molecule has 0 heterocycles. The van der Waals surface area contributed by atoms with Gasteiger partial charge in [-0.05, 0) is 0 Å². The summed E-state index contributed by atoms with van der Waals surface area (Å²) < 4.78 is 0. The van der Waals surface area contributed by atoms with Crippen molar-refractivity contribution in [3.63, 3.8) is 0 Å². The van der Waals surface area contributed by atoms with Crippen LogP contribution in [0.5, 0.6) is 0 Å². The van der Waals surface area contributed by atoms with Crippen LogP contribution in [0, 0.1) is 24.1 Å². The van der Waals surface area contributed by atoms with E-state index in [-0.39, 0.29) is 32.7 Å². The Labute approximate surface area is 68.5 Å². The second-order valence-corrected chi connectivity index (χ2v) is 0.333. The van der Waals surface area contributed by atoms with E-state index in [4.69, 9.17) is 10.1 Å². The predicted octanol–water partition coefficient (Wildman–Crippen LogP) is 0.893. The molecule has 0 aromatic carbocycles. The van der Waals surface area contributed by atoms with Gasteiger partial charge in [-0.1, -0.05) is 7.05 Å². The van der Waals surface area contributed by atoms with Gasteiger partial charge in [0, 0.05) is 32.7 Å². The topological polar surface area (TPSA) is 43.1 Å². The van der Waals surface area contributed by atoms with E-state index in [1.54, 1.807) is 6.92 Å². The molecule has 0 aromatic rings. The molecule has 0 rings (SSSR count). The Morgan fingerprint density at radius 1 is 1.57 bits per heavy atom. The molecule has 0 saturated carbocycles. The molecule has 41 valence electrons. The average Bonchev–Trinajstić information content (AvgIpc) is 1.41. The van der Waals surface area contributed by atoms with E-state index >= 15 is 0 Å². The summed E-state index contributed by atoms with van der Waals surface area (Å²) in [6.45, 7) is 5.00. The summed E-state index contributed by atoms with van der Waals surface area (Å²) in [4.78, 5) is 7.94. The molecular weight excluding hydrogens is 171 g/mol. The maximum Gasteiger partial charge on any atom is 0 e. The summed E-state index contributed by atoms with van der Waals surface area (Å²) in [6, 6.07) is 0. The fourth-order valence-corrected chi connectivity index (χ4v) is 0. The van der Waals surface area contributed by atoms with E-state index in [1.165, 1.54) is 0 Å². The van der Waals surface area contributed by atoms with Crippen LogP contribution in [-0.2, 0) is 32.7 Å². The number of hydrogen-bond acceptors (Lipinski definition) is 2. The third-order valence-corrected chi connectivity index (χ3v) is 0. The summed E-state index contributed by atoms with van der Waals surface area (Å²) in [6.07, 6.45) is 0. The van der Waals surface area contributed by atoms with Gasteiger partial charge in [0.15, 0.2) is 0 Å². The van der Waals surface area contributed by atoms with Crippen LogP contribution in [0.1, 0.15) is 6.92 Å². The number of nitro groups is 1. The normalized spacial score (nSPS) is 4.29. The van der Waals surface area contributed by atoms with Gasteiger partial charge in [-0.25, -0.2) is 0 Å². The van der Waals surface area contributed by atoms with Crippen molar-refractivity contribution in [1.82, 2.24) is 0 Å². The molecule has 0 aliphatic heterocycles. The van der Waals surface area contributed by atoms with E-state index in [0.717, 1.165) is 0 Å². The monoisotopic (exact) mass is 178 g/mol. The van der Waals surface area contributed by atoms with Crippen LogP contribution in [0.2, 0.25) is 0 Å². The molecule has 0 N–H and O–H groups in total. The van der Waals surface area contributed by atoms with Crippen LogP contribution < -0.4 is 0 Å². The maximum atomic E-state index is 8.69. The fourth-order valence-electron chi connectivity index (χ4n) is 0. The zero-order valence-electron chi connectivity index (χ0n) is 4.26. The molecule has 0 aromatic heterocycles. The summed E-state index contributed by atoms with van der Waals surface area (Å²) in [5.74, 6) is 0. The molecule has 1 radical (unpaired) electrons. The minimum absolute atomic E-state index is 0. The molecule has 0 fully saturated rings. The predicted molar refractivity (Wildman–Crippen MR) is 23.4 cm³/mol. The Kier molecular flexibility index (Phi) is 36.2. The Bertz CT molecular complexity index is 35.9. The Balaban J connectivity index is -0.0000000480. The third kappa shape index (κ3) is 872.